The highest BCUT2D eigenvalue weighted by Gasteiger charge is 2.20. The van der Waals surface area contributed by atoms with Gasteiger partial charge >= 0.3 is 0 Å². The highest BCUT2D eigenvalue weighted by molar-refractivity contribution is 6.01. The number of carbonyl (C=O) groups excluding carboxylic acids is 1. The number of benzene rings is 1. The van der Waals surface area contributed by atoms with Crippen LogP contribution in [-0.4, -0.2) is 68.7 Å². The van der Waals surface area contributed by atoms with E-state index >= 15 is 0 Å². The Morgan fingerprint density at radius 1 is 1.14 bits per heavy atom. The normalized spacial score (nSPS) is 14.0. The predicted molar refractivity (Wildman–Crippen MR) is 132 cm³/mol. The van der Waals surface area contributed by atoms with Crippen LogP contribution in [0.4, 0.5) is 0 Å². The first-order valence-corrected chi connectivity index (χ1v) is 11.5. The van der Waals surface area contributed by atoms with Crippen molar-refractivity contribution in [2.24, 2.45) is 0 Å². The summed E-state index contributed by atoms with van der Waals surface area (Å²) >= 11 is 0. The van der Waals surface area contributed by atoms with Crippen LogP contribution in [0.3, 0.4) is 0 Å². The Labute approximate surface area is 201 Å². The number of aromatic nitrogens is 5. The number of pyridine rings is 1. The summed E-state index contributed by atoms with van der Waals surface area (Å²) in [7, 11) is 1.65. The Morgan fingerprint density at radius 2 is 2.03 bits per heavy atom. The maximum absolute atomic E-state index is 13.0. The summed E-state index contributed by atoms with van der Waals surface area (Å²) in [6.07, 6.45) is 7.11. The van der Waals surface area contributed by atoms with Crippen molar-refractivity contribution in [2.75, 3.05) is 33.4 Å². The molecule has 1 aliphatic heterocycles. The number of carbonyl (C=O) groups is 1. The molecule has 0 unspecified atom stereocenters. The van der Waals surface area contributed by atoms with Crippen molar-refractivity contribution in [1.29, 1.82) is 0 Å². The van der Waals surface area contributed by atoms with Gasteiger partial charge in [-0.3, -0.25) is 9.78 Å². The number of aromatic amines is 1. The molecule has 0 saturated carbocycles. The molecule has 1 N–H and O–H groups in total. The van der Waals surface area contributed by atoms with Gasteiger partial charge in [-0.2, -0.15) is 0 Å². The fourth-order valence-corrected chi connectivity index (χ4v) is 4.62. The number of H-pyrrole nitrogens is 1. The Bertz CT molecular complexity index is 1520. The lowest BCUT2D eigenvalue weighted by atomic mass is 10.1. The van der Waals surface area contributed by atoms with Crippen molar-refractivity contribution in [3.63, 3.8) is 0 Å². The number of morpholine rings is 1. The van der Waals surface area contributed by atoms with Gasteiger partial charge in [0.1, 0.15) is 24.3 Å². The Morgan fingerprint density at radius 3 is 2.83 bits per heavy atom. The molecular formula is C26H24N6O3. The van der Waals surface area contributed by atoms with E-state index < -0.39 is 0 Å². The lowest BCUT2D eigenvalue weighted by Gasteiger charge is -2.27. The number of hydrogen-bond acceptors (Lipinski definition) is 6. The minimum atomic E-state index is 0.0777. The number of ether oxygens (including phenoxy) is 2. The average molecular weight is 469 g/mol. The topological polar surface area (TPSA) is 98.2 Å². The second-order valence-electron chi connectivity index (χ2n) is 8.46. The van der Waals surface area contributed by atoms with Gasteiger partial charge in [0.05, 0.1) is 26.0 Å². The number of methoxy groups -OCH3 is 1. The van der Waals surface area contributed by atoms with Crippen LogP contribution in [0.25, 0.3) is 44.5 Å². The number of nitrogens with one attached hydrogen (secondary N) is 1. The minimum Gasteiger partial charge on any atom is -0.497 e. The van der Waals surface area contributed by atoms with Crippen molar-refractivity contribution < 1.29 is 14.3 Å². The van der Waals surface area contributed by atoms with Crippen LogP contribution in [0.15, 0.2) is 61.3 Å². The highest BCUT2D eigenvalue weighted by Crippen LogP contribution is 2.36. The summed E-state index contributed by atoms with van der Waals surface area (Å²) in [4.78, 5) is 31.5. The zero-order chi connectivity index (χ0) is 23.8. The van der Waals surface area contributed by atoms with Crippen LogP contribution < -0.4 is 4.74 Å². The third-order valence-electron chi connectivity index (χ3n) is 6.41. The largest absolute Gasteiger partial charge is 0.497 e. The van der Waals surface area contributed by atoms with Gasteiger partial charge in [-0.25, -0.2) is 9.97 Å². The molecule has 6 rings (SSSR count). The molecule has 0 spiro atoms. The van der Waals surface area contributed by atoms with Crippen LogP contribution in [0.5, 0.6) is 5.75 Å². The number of fused-ring (bicyclic) bond motifs is 2. The third-order valence-corrected chi connectivity index (χ3v) is 6.41. The maximum atomic E-state index is 13.0. The smallest absolute Gasteiger partial charge is 0.242 e. The zero-order valence-electron chi connectivity index (χ0n) is 19.3. The van der Waals surface area contributed by atoms with Crippen LogP contribution >= 0.6 is 0 Å². The number of hydrogen-bond donors (Lipinski definition) is 1. The summed E-state index contributed by atoms with van der Waals surface area (Å²) in [6, 6.07) is 11.8. The summed E-state index contributed by atoms with van der Waals surface area (Å²) < 4.78 is 12.9. The van der Waals surface area contributed by atoms with Gasteiger partial charge in [-0.15, -0.1) is 0 Å². The number of amides is 1. The molecule has 1 saturated heterocycles. The van der Waals surface area contributed by atoms with Crippen molar-refractivity contribution in [1.82, 2.24) is 29.4 Å². The fraction of sp³-hybridized carbons (Fsp3) is 0.231. The van der Waals surface area contributed by atoms with E-state index in [4.69, 9.17) is 9.47 Å². The van der Waals surface area contributed by atoms with Gasteiger partial charge in [0, 0.05) is 64.8 Å². The third kappa shape index (κ3) is 3.89. The molecule has 0 aliphatic carbocycles. The van der Waals surface area contributed by atoms with E-state index in [1.54, 1.807) is 25.8 Å². The van der Waals surface area contributed by atoms with E-state index in [1.165, 1.54) is 0 Å². The first-order chi connectivity index (χ1) is 17.2. The van der Waals surface area contributed by atoms with E-state index in [1.807, 2.05) is 46.0 Å². The first-order valence-electron chi connectivity index (χ1n) is 11.5. The molecule has 5 heterocycles. The summed E-state index contributed by atoms with van der Waals surface area (Å²) in [6.45, 7) is 2.66. The van der Waals surface area contributed by atoms with E-state index in [0.717, 1.165) is 50.2 Å². The van der Waals surface area contributed by atoms with Gasteiger partial charge in [0.2, 0.25) is 5.91 Å². The standard InChI is InChI=1S/C26H24N6O3/c1-34-18-4-5-23-19(11-18)21(14-32(23)15-24(33)31-7-9-35-10-8-31)22-12-20-25(17-3-2-6-27-13-17)28-16-29-26(20)30-22/h2-6,11-14,16H,7-10,15H2,1H3,(H,28,29,30). The molecule has 5 aromatic rings. The molecule has 176 valence electrons. The predicted octanol–water partition coefficient (Wildman–Crippen LogP) is 3.51. The van der Waals surface area contributed by atoms with Gasteiger partial charge in [-0.1, -0.05) is 0 Å². The molecule has 35 heavy (non-hydrogen) atoms. The van der Waals surface area contributed by atoms with Crippen LogP contribution in [0.1, 0.15) is 0 Å². The van der Waals surface area contributed by atoms with Crippen LogP contribution in [0.2, 0.25) is 0 Å². The molecule has 0 radical (unpaired) electrons. The molecule has 9 heteroatoms. The number of rotatable bonds is 5. The Kier molecular flexibility index (Phi) is 5.38. The average Bonchev–Trinajstić information content (AvgIpc) is 3.50. The van der Waals surface area contributed by atoms with E-state index in [2.05, 4.69) is 26.0 Å². The van der Waals surface area contributed by atoms with Crippen molar-refractivity contribution >= 4 is 27.8 Å². The fourth-order valence-electron chi connectivity index (χ4n) is 4.62. The summed E-state index contributed by atoms with van der Waals surface area (Å²) in [5, 5.41) is 1.89. The van der Waals surface area contributed by atoms with Gasteiger partial charge in [0.15, 0.2) is 0 Å². The van der Waals surface area contributed by atoms with Crippen LogP contribution in [-0.2, 0) is 16.1 Å². The zero-order valence-corrected chi connectivity index (χ0v) is 19.3. The maximum Gasteiger partial charge on any atom is 0.242 e. The second kappa shape index (κ2) is 8.84. The lowest BCUT2D eigenvalue weighted by molar-refractivity contribution is -0.135. The lowest BCUT2D eigenvalue weighted by Crippen LogP contribution is -2.42. The van der Waals surface area contributed by atoms with Crippen molar-refractivity contribution in [2.45, 2.75) is 6.54 Å². The van der Waals surface area contributed by atoms with E-state index in [0.29, 0.717) is 26.3 Å². The van der Waals surface area contributed by atoms with Crippen LogP contribution in [0, 0.1) is 0 Å². The molecule has 1 aliphatic rings. The quantitative estimate of drug-likeness (QED) is 0.424. The Balaban J connectivity index is 1.45. The van der Waals surface area contributed by atoms with Crippen molar-refractivity contribution in [3.8, 4) is 28.3 Å². The monoisotopic (exact) mass is 468 g/mol. The summed E-state index contributed by atoms with van der Waals surface area (Å²) in [5.74, 6) is 0.830. The molecule has 0 bridgehead atoms. The number of nitrogens with zero attached hydrogens (tertiary/aromatic N) is 5. The molecule has 0 atom stereocenters. The molecule has 1 aromatic carbocycles. The second-order valence-corrected chi connectivity index (χ2v) is 8.46. The van der Waals surface area contributed by atoms with Gasteiger partial charge < -0.3 is 23.9 Å². The Hall–Kier alpha value is -4.24. The SMILES string of the molecule is COc1ccc2c(c1)c(-c1cc3c(-c4cccnc4)ncnc3[nH]1)cn2CC(=O)N1CCOCC1. The molecule has 9 nitrogen and oxygen atoms in total. The minimum absolute atomic E-state index is 0.0777. The first kappa shape index (κ1) is 21.3. The van der Waals surface area contributed by atoms with Gasteiger partial charge in [-0.05, 0) is 36.4 Å². The molecule has 1 amide bonds. The molecular weight excluding hydrogens is 444 g/mol. The van der Waals surface area contributed by atoms with Gasteiger partial charge in [0.25, 0.3) is 0 Å². The van der Waals surface area contributed by atoms with E-state index in [-0.39, 0.29) is 12.5 Å². The highest BCUT2D eigenvalue weighted by atomic mass is 16.5. The molecule has 4 aromatic heterocycles. The van der Waals surface area contributed by atoms with Crippen molar-refractivity contribution in [3.05, 3.63) is 61.3 Å². The molecule has 1 fully saturated rings. The van der Waals surface area contributed by atoms with E-state index in [9.17, 15) is 4.79 Å². The summed E-state index contributed by atoms with van der Waals surface area (Å²) in [5.41, 5.74) is 5.28.